The van der Waals surface area contributed by atoms with Crippen LogP contribution in [0, 0.1) is 0 Å². The number of carbonyl (C=O) groups excluding carboxylic acids is 1. The van der Waals surface area contributed by atoms with Crippen LogP contribution in [-0.2, 0) is 27.9 Å². The van der Waals surface area contributed by atoms with E-state index in [1.165, 1.54) is 23.8 Å². The second-order valence-electron chi connectivity index (χ2n) is 6.79. The molecule has 1 N–H and O–H groups in total. The quantitative estimate of drug-likeness (QED) is 0.748. The van der Waals surface area contributed by atoms with Crippen LogP contribution < -0.4 is 5.32 Å². The van der Waals surface area contributed by atoms with E-state index in [1.807, 2.05) is 24.3 Å². The van der Waals surface area contributed by atoms with Gasteiger partial charge in [-0.25, -0.2) is 8.42 Å². The number of halogens is 1. The molecule has 0 unspecified atom stereocenters. The number of rotatable bonds is 6. The molecule has 1 amide bonds. The Hall–Kier alpha value is -1.45. The van der Waals surface area contributed by atoms with Gasteiger partial charge in [0.05, 0.1) is 6.54 Å². The van der Waals surface area contributed by atoms with Crippen molar-refractivity contribution in [3.63, 3.8) is 0 Å². The van der Waals surface area contributed by atoms with E-state index < -0.39 is 10.0 Å². The van der Waals surface area contributed by atoms with Gasteiger partial charge in [-0.05, 0) is 42.8 Å². The molecule has 0 bridgehead atoms. The van der Waals surface area contributed by atoms with Crippen molar-refractivity contribution in [1.82, 2.24) is 14.5 Å². The molecule has 28 heavy (non-hydrogen) atoms. The van der Waals surface area contributed by atoms with E-state index in [2.05, 4.69) is 10.2 Å². The summed E-state index contributed by atoms with van der Waals surface area (Å²) >= 11 is 7.15. The fourth-order valence-corrected chi connectivity index (χ4v) is 6.17. The first-order valence-electron chi connectivity index (χ1n) is 9.15. The molecule has 0 spiro atoms. The zero-order chi connectivity index (χ0) is 20.1. The minimum absolute atomic E-state index is 0.133. The molecule has 0 aliphatic carbocycles. The Morgan fingerprint density at radius 1 is 1.11 bits per heavy atom. The maximum Gasteiger partial charge on any atom is 0.252 e. The Balaban J connectivity index is 1.62. The monoisotopic (exact) mass is 441 g/mol. The van der Waals surface area contributed by atoms with Gasteiger partial charge in [0.15, 0.2) is 0 Å². The summed E-state index contributed by atoms with van der Waals surface area (Å²) in [5, 5.41) is 3.41. The summed E-state index contributed by atoms with van der Waals surface area (Å²) in [7, 11) is -3.51. The molecule has 2 heterocycles. The molecular formula is C19H24ClN3O3S2. The van der Waals surface area contributed by atoms with Gasteiger partial charge in [-0.1, -0.05) is 23.7 Å². The predicted octanol–water partition coefficient (Wildman–Crippen LogP) is 2.93. The summed E-state index contributed by atoms with van der Waals surface area (Å²) < 4.78 is 27.9. The SMILES string of the molecule is CC(=O)NCc1ccc(S(=O)(=O)N2CCCN(Cc3ccc(Cl)cc3)CC2)s1. The average molecular weight is 442 g/mol. The zero-order valence-electron chi connectivity index (χ0n) is 15.7. The summed E-state index contributed by atoms with van der Waals surface area (Å²) in [6.07, 6.45) is 0.789. The number of nitrogens with one attached hydrogen (secondary N) is 1. The van der Waals surface area contributed by atoms with Crippen LogP contribution >= 0.6 is 22.9 Å². The summed E-state index contributed by atoms with van der Waals surface area (Å²) in [6.45, 7) is 5.10. The summed E-state index contributed by atoms with van der Waals surface area (Å²) in [5.74, 6) is -0.133. The van der Waals surface area contributed by atoms with Crippen LogP contribution in [0.3, 0.4) is 0 Å². The van der Waals surface area contributed by atoms with Crippen molar-refractivity contribution >= 4 is 38.9 Å². The van der Waals surface area contributed by atoms with Gasteiger partial charge in [0, 0.05) is 43.0 Å². The molecule has 0 saturated carbocycles. The van der Waals surface area contributed by atoms with Gasteiger partial charge in [0.1, 0.15) is 4.21 Å². The van der Waals surface area contributed by atoms with Crippen LogP contribution in [0.1, 0.15) is 23.8 Å². The molecule has 1 aliphatic rings. The molecule has 1 aromatic heterocycles. The lowest BCUT2D eigenvalue weighted by Gasteiger charge is -2.21. The van der Waals surface area contributed by atoms with E-state index in [4.69, 9.17) is 11.6 Å². The second-order valence-corrected chi connectivity index (χ2v) is 10.6. The van der Waals surface area contributed by atoms with Gasteiger partial charge in [-0.3, -0.25) is 9.69 Å². The molecule has 6 nitrogen and oxygen atoms in total. The van der Waals surface area contributed by atoms with Crippen molar-refractivity contribution in [3.8, 4) is 0 Å². The minimum atomic E-state index is -3.51. The molecule has 0 radical (unpaired) electrons. The molecule has 2 aromatic rings. The topological polar surface area (TPSA) is 69.7 Å². The highest BCUT2D eigenvalue weighted by atomic mass is 35.5. The van der Waals surface area contributed by atoms with Gasteiger partial charge >= 0.3 is 0 Å². The Morgan fingerprint density at radius 3 is 2.57 bits per heavy atom. The van der Waals surface area contributed by atoms with Crippen molar-refractivity contribution in [3.05, 3.63) is 51.9 Å². The lowest BCUT2D eigenvalue weighted by Crippen LogP contribution is -2.34. The molecule has 1 fully saturated rings. The maximum atomic E-state index is 13.0. The van der Waals surface area contributed by atoms with Crippen LogP contribution in [0.25, 0.3) is 0 Å². The predicted molar refractivity (Wildman–Crippen MR) is 112 cm³/mol. The third-order valence-electron chi connectivity index (χ3n) is 4.61. The number of thiophene rings is 1. The lowest BCUT2D eigenvalue weighted by atomic mass is 10.2. The third-order valence-corrected chi connectivity index (χ3v) is 8.31. The summed E-state index contributed by atoms with van der Waals surface area (Å²) in [4.78, 5) is 14.1. The first-order chi connectivity index (χ1) is 13.3. The molecule has 3 rings (SSSR count). The second kappa shape index (κ2) is 9.37. The molecule has 9 heteroatoms. The molecule has 1 aromatic carbocycles. The Bertz CT molecular complexity index is 913. The van der Waals surface area contributed by atoms with Crippen molar-refractivity contribution < 1.29 is 13.2 Å². The largest absolute Gasteiger partial charge is 0.351 e. The van der Waals surface area contributed by atoms with E-state index in [0.29, 0.717) is 35.4 Å². The lowest BCUT2D eigenvalue weighted by molar-refractivity contribution is -0.119. The van der Waals surface area contributed by atoms with Crippen molar-refractivity contribution in [2.75, 3.05) is 26.2 Å². The molecule has 0 atom stereocenters. The Labute approximate surface area is 175 Å². The average Bonchev–Trinajstić information content (AvgIpc) is 3.02. The van der Waals surface area contributed by atoms with E-state index in [1.54, 1.807) is 16.4 Å². The number of hydrogen-bond acceptors (Lipinski definition) is 5. The summed E-state index contributed by atoms with van der Waals surface area (Å²) in [5.41, 5.74) is 1.17. The van der Waals surface area contributed by atoms with Crippen LogP contribution in [0.5, 0.6) is 0 Å². The number of carbonyl (C=O) groups is 1. The fraction of sp³-hybridized carbons (Fsp3) is 0.421. The van der Waals surface area contributed by atoms with Gasteiger partial charge in [0.2, 0.25) is 5.91 Å². The van der Waals surface area contributed by atoms with E-state index in [9.17, 15) is 13.2 Å². The van der Waals surface area contributed by atoms with Crippen molar-refractivity contribution in [1.29, 1.82) is 0 Å². The van der Waals surface area contributed by atoms with Gasteiger partial charge in [-0.2, -0.15) is 4.31 Å². The maximum absolute atomic E-state index is 13.0. The van der Waals surface area contributed by atoms with Crippen LogP contribution in [0.15, 0.2) is 40.6 Å². The number of nitrogens with zero attached hydrogens (tertiary/aromatic N) is 2. The molecule has 1 aliphatic heterocycles. The van der Waals surface area contributed by atoms with E-state index in [-0.39, 0.29) is 5.91 Å². The number of benzene rings is 1. The first-order valence-corrected chi connectivity index (χ1v) is 11.8. The highest BCUT2D eigenvalue weighted by molar-refractivity contribution is 7.91. The van der Waals surface area contributed by atoms with Crippen molar-refractivity contribution in [2.24, 2.45) is 0 Å². The van der Waals surface area contributed by atoms with Crippen LogP contribution in [-0.4, -0.2) is 49.7 Å². The molecule has 152 valence electrons. The van der Waals surface area contributed by atoms with E-state index in [0.717, 1.165) is 24.4 Å². The number of amides is 1. The number of sulfonamides is 1. The highest BCUT2D eigenvalue weighted by Gasteiger charge is 2.28. The standard InChI is InChI=1S/C19H24ClN3O3S2/c1-15(24)21-13-18-7-8-19(27-18)28(25,26)23-10-2-9-22(11-12-23)14-16-3-5-17(20)6-4-16/h3-8H,2,9-14H2,1H3,(H,21,24). The minimum Gasteiger partial charge on any atom is -0.351 e. The van der Waals surface area contributed by atoms with Crippen LogP contribution in [0.4, 0.5) is 0 Å². The van der Waals surface area contributed by atoms with Gasteiger partial charge in [-0.15, -0.1) is 11.3 Å². The van der Waals surface area contributed by atoms with Crippen LogP contribution in [0.2, 0.25) is 5.02 Å². The van der Waals surface area contributed by atoms with E-state index >= 15 is 0 Å². The third kappa shape index (κ3) is 5.55. The molecular weight excluding hydrogens is 418 g/mol. The smallest absolute Gasteiger partial charge is 0.252 e. The number of hydrogen-bond donors (Lipinski definition) is 1. The Morgan fingerprint density at radius 2 is 1.86 bits per heavy atom. The fourth-order valence-electron chi connectivity index (χ4n) is 3.12. The highest BCUT2D eigenvalue weighted by Crippen LogP contribution is 2.26. The summed E-state index contributed by atoms with van der Waals surface area (Å²) in [6, 6.07) is 11.2. The van der Waals surface area contributed by atoms with Gasteiger partial charge < -0.3 is 5.32 Å². The normalized spacial score (nSPS) is 16.6. The Kier molecular flexibility index (Phi) is 7.11. The van der Waals surface area contributed by atoms with Gasteiger partial charge in [0.25, 0.3) is 10.0 Å². The molecule has 1 saturated heterocycles. The van der Waals surface area contributed by atoms with Crippen molar-refractivity contribution in [2.45, 2.75) is 30.6 Å². The first kappa shape index (κ1) is 21.3. The zero-order valence-corrected chi connectivity index (χ0v) is 18.1.